The molecule has 0 bridgehead atoms. The van der Waals surface area contributed by atoms with E-state index in [9.17, 15) is 0 Å². The first-order chi connectivity index (χ1) is 9.69. The summed E-state index contributed by atoms with van der Waals surface area (Å²) in [5, 5.41) is 3.55. The standard InChI is InChI=1S/C18H30N2/c1-4-18(5-2)11-13-20(14-12-18)16(3)15-19-17-9-7-6-8-10-17/h6-10,16,19H,4-5,11-15H2,1-3H3. The summed E-state index contributed by atoms with van der Waals surface area (Å²) in [6.07, 6.45) is 5.42. The first-order valence-electron chi connectivity index (χ1n) is 8.22. The first-order valence-corrected chi connectivity index (χ1v) is 8.22. The molecule has 1 heterocycles. The number of rotatable bonds is 6. The molecule has 112 valence electrons. The Labute approximate surface area is 124 Å². The second-order valence-corrected chi connectivity index (χ2v) is 6.34. The van der Waals surface area contributed by atoms with Crippen molar-refractivity contribution in [2.75, 3.05) is 25.0 Å². The number of para-hydroxylation sites is 1. The van der Waals surface area contributed by atoms with E-state index in [1.807, 2.05) is 0 Å². The SMILES string of the molecule is CCC1(CC)CCN(C(C)CNc2ccccc2)CC1. The molecular formula is C18H30N2. The molecule has 20 heavy (non-hydrogen) atoms. The summed E-state index contributed by atoms with van der Waals surface area (Å²) in [5.74, 6) is 0. The Bertz CT molecular complexity index is 374. The van der Waals surface area contributed by atoms with E-state index in [0.717, 1.165) is 6.54 Å². The highest BCUT2D eigenvalue weighted by molar-refractivity contribution is 5.42. The van der Waals surface area contributed by atoms with Crippen molar-refractivity contribution in [3.8, 4) is 0 Å². The lowest BCUT2D eigenvalue weighted by Gasteiger charge is -2.43. The zero-order valence-corrected chi connectivity index (χ0v) is 13.4. The molecule has 0 aliphatic carbocycles. The molecule has 2 nitrogen and oxygen atoms in total. The monoisotopic (exact) mass is 274 g/mol. The van der Waals surface area contributed by atoms with E-state index >= 15 is 0 Å². The Kier molecular flexibility index (Phi) is 5.47. The van der Waals surface area contributed by atoms with E-state index in [4.69, 9.17) is 0 Å². The third-order valence-electron chi connectivity index (χ3n) is 5.36. The van der Waals surface area contributed by atoms with E-state index in [1.165, 1.54) is 44.5 Å². The van der Waals surface area contributed by atoms with Crippen molar-refractivity contribution in [3.63, 3.8) is 0 Å². The third-order valence-corrected chi connectivity index (χ3v) is 5.36. The lowest BCUT2D eigenvalue weighted by molar-refractivity contribution is 0.0746. The van der Waals surface area contributed by atoms with Crippen LogP contribution in [0.5, 0.6) is 0 Å². The number of anilines is 1. The summed E-state index contributed by atoms with van der Waals surface area (Å²) in [5.41, 5.74) is 1.86. The Morgan fingerprint density at radius 3 is 2.25 bits per heavy atom. The molecule has 2 rings (SSSR count). The summed E-state index contributed by atoms with van der Waals surface area (Å²) in [4.78, 5) is 2.65. The Morgan fingerprint density at radius 2 is 1.70 bits per heavy atom. The smallest absolute Gasteiger partial charge is 0.0340 e. The number of nitrogens with one attached hydrogen (secondary N) is 1. The lowest BCUT2D eigenvalue weighted by atomic mass is 9.74. The zero-order valence-electron chi connectivity index (χ0n) is 13.4. The molecule has 0 amide bonds. The molecule has 1 N–H and O–H groups in total. The van der Waals surface area contributed by atoms with Gasteiger partial charge in [-0.15, -0.1) is 0 Å². The number of piperidine rings is 1. The van der Waals surface area contributed by atoms with Gasteiger partial charge in [-0.3, -0.25) is 4.90 Å². The molecule has 0 aromatic heterocycles. The predicted molar refractivity (Wildman–Crippen MR) is 88.2 cm³/mol. The summed E-state index contributed by atoms with van der Waals surface area (Å²) in [7, 11) is 0. The molecule has 0 radical (unpaired) electrons. The molecule has 0 saturated carbocycles. The van der Waals surface area contributed by atoms with Crippen molar-refractivity contribution in [3.05, 3.63) is 30.3 Å². The van der Waals surface area contributed by atoms with Crippen molar-refractivity contribution in [2.24, 2.45) is 5.41 Å². The van der Waals surface area contributed by atoms with Gasteiger partial charge >= 0.3 is 0 Å². The maximum Gasteiger partial charge on any atom is 0.0340 e. The van der Waals surface area contributed by atoms with Crippen LogP contribution in [0.25, 0.3) is 0 Å². The van der Waals surface area contributed by atoms with Gasteiger partial charge in [0.1, 0.15) is 0 Å². The molecular weight excluding hydrogens is 244 g/mol. The molecule has 1 aromatic rings. The fourth-order valence-electron chi connectivity index (χ4n) is 3.35. The molecule has 0 spiro atoms. The summed E-state index contributed by atoms with van der Waals surface area (Å²) >= 11 is 0. The van der Waals surface area contributed by atoms with Crippen LogP contribution in [0.3, 0.4) is 0 Å². The van der Waals surface area contributed by atoms with Gasteiger partial charge in [0, 0.05) is 18.3 Å². The Hall–Kier alpha value is -1.02. The van der Waals surface area contributed by atoms with Crippen molar-refractivity contribution in [1.82, 2.24) is 4.90 Å². The van der Waals surface area contributed by atoms with Crippen molar-refractivity contribution >= 4 is 5.69 Å². The van der Waals surface area contributed by atoms with Gasteiger partial charge in [-0.05, 0) is 50.4 Å². The lowest BCUT2D eigenvalue weighted by Crippen LogP contribution is -2.46. The average Bonchev–Trinajstić information content (AvgIpc) is 2.53. The van der Waals surface area contributed by atoms with Gasteiger partial charge in [-0.2, -0.15) is 0 Å². The topological polar surface area (TPSA) is 15.3 Å². The van der Waals surface area contributed by atoms with Gasteiger partial charge in [0.05, 0.1) is 0 Å². The van der Waals surface area contributed by atoms with Crippen LogP contribution in [0, 0.1) is 5.41 Å². The van der Waals surface area contributed by atoms with Gasteiger partial charge < -0.3 is 5.32 Å². The third kappa shape index (κ3) is 3.76. The molecule has 1 fully saturated rings. The second-order valence-electron chi connectivity index (χ2n) is 6.34. The highest BCUT2D eigenvalue weighted by atomic mass is 15.2. The van der Waals surface area contributed by atoms with Crippen LogP contribution >= 0.6 is 0 Å². The molecule has 2 heteroatoms. The van der Waals surface area contributed by atoms with Crippen LogP contribution < -0.4 is 5.32 Å². The summed E-state index contributed by atoms with van der Waals surface area (Å²) in [6, 6.07) is 11.1. The van der Waals surface area contributed by atoms with Crippen LogP contribution in [0.1, 0.15) is 46.5 Å². The molecule has 1 aromatic carbocycles. The molecule has 1 atom stereocenters. The predicted octanol–water partition coefficient (Wildman–Crippen LogP) is 4.39. The van der Waals surface area contributed by atoms with Crippen LogP contribution in [0.15, 0.2) is 30.3 Å². The summed E-state index contributed by atoms with van der Waals surface area (Å²) < 4.78 is 0. The molecule has 1 saturated heterocycles. The van der Waals surface area contributed by atoms with Crippen LogP contribution in [-0.2, 0) is 0 Å². The minimum absolute atomic E-state index is 0.613. The maximum atomic E-state index is 3.55. The number of hydrogen-bond acceptors (Lipinski definition) is 2. The first kappa shape index (κ1) is 15.4. The maximum absolute atomic E-state index is 3.55. The number of hydrogen-bond donors (Lipinski definition) is 1. The van der Waals surface area contributed by atoms with Crippen molar-refractivity contribution in [1.29, 1.82) is 0 Å². The van der Waals surface area contributed by atoms with E-state index in [0.29, 0.717) is 11.5 Å². The van der Waals surface area contributed by atoms with Crippen LogP contribution in [0.2, 0.25) is 0 Å². The van der Waals surface area contributed by atoms with Crippen LogP contribution in [0.4, 0.5) is 5.69 Å². The van der Waals surface area contributed by atoms with Crippen LogP contribution in [-0.4, -0.2) is 30.6 Å². The Balaban J connectivity index is 1.78. The highest BCUT2D eigenvalue weighted by Crippen LogP contribution is 2.38. The minimum Gasteiger partial charge on any atom is -0.383 e. The minimum atomic E-state index is 0.613. The van der Waals surface area contributed by atoms with Crippen molar-refractivity contribution in [2.45, 2.75) is 52.5 Å². The molecule has 1 aliphatic rings. The normalized spacial score (nSPS) is 20.6. The zero-order chi connectivity index (χ0) is 14.4. The second kappa shape index (κ2) is 7.12. The van der Waals surface area contributed by atoms with Gasteiger partial charge in [-0.1, -0.05) is 44.9 Å². The quantitative estimate of drug-likeness (QED) is 0.827. The van der Waals surface area contributed by atoms with E-state index in [1.54, 1.807) is 0 Å². The van der Waals surface area contributed by atoms with Gasteiger partial charge in [0.15, 0.2) is 0 Å². The number of likely N-dealkylation sites (tertiary alicyclic amines) is 1. The number of nitrogens with zero attached hydrogens (tertiary/aromatic N) is 1. The van der Waals surface area contributed by atoms with E-state index in [2.05, 4.69) is 61.3 Å². The average molecular weight is 274 g/mol. The van der Waals surface area contributed by atoms with Gasteiger partial charge in [0.25, 0.3) is 0 Å². The Morgan fingerprint density at radius 1 is 1.10 bits per heavy atom. The summed E-state index contributed by atoms with van der Waals surface area (Å²) in [6.45, 7) is 10.6. The highest BCUT2D eigenvalue weighted by Gasteiger charge is 2.32. The van der Waals surface area contributed by atoms with Gasteiger partial charge in [-0.25, -0.2) is 0 Å². The van der Waals surface area contributed by atoms with Gasteiger partial charge in [0.2, 0.25) is 0 Å². The van der Waals surface area contributed by atoms with E-state index < -0.39 is 0 Å². The van der Waals surface area contributed by atoms with E-state index in [-0.39, 0.29) is 0 Å². The molecule has 1 aliphatic heterocycles. The van der Waals surface area contributed by atoms with Crippen molar-refractivity contribution < 1.29 is 0 Å². The number of benzene rings is 1. The fourth-order valence-corrected chi connectivity index (χ4v) is 3.35. The molecule has 1 unspecified atom stereocenters. The fraction of sp³-hybridized carbons (Fsp3) is 0.667. The largest absolute Gasteiger partial charge is 0.383 e.